The van der Waals surface area contributed by atoms with Crippen LogP contribution in [0.25, 0.3) is 0 Å². The van der Waals surface area contributed by atoms with E-state index < -0.39 is 0 Å². The topological polar surface area (TPSA) is 6.48 Å². The lowest BCUT2D eigenvalue weighted by atomic mass is 10.1. The van der Waals surface area contributed by atoms with Gasteiger partial charge < -0.3 is 4.90 Å². The van der Waals surface area contributed by atoms with Gasteiger partial charge in [-0.15, -0.1) is 0 Å². The van der Waals surface area contributed by atoms with Gasteiger partial charge in [-0.05, 0) is 48.7 Å². The minimum Gasteiger partial charge on any atom is -0.300 e. The van der Waals surface area contributed by atoms with Crippen LogP contribution < -0.4 is 0 Å². The molecule has 2 heteroatoms. The van der Waals surface area contributed by atoms with E-state index in [1.54, 1.807) is 0 Å². The highest BCUT2D eigenvalue weighted by atomic mass is 15.1. The number of nitrogens with zero attached hydrogens (tertiary/aromatic N) is 2. The second kappa shape index (κ2) is 6.29. The van der Waals surface area contributed by atoms with Crippen molar-refractivity contribution < 1.29 is 0 Å². The summed E-state index contributed by atoms with van der Waals surface area (Å²) in [7, 11) is 4.32. The van der Waals surface area contributed by atoms with Crippen LogP contribution in [0.1, 0.15) is 34.6 Å². The summed E-state index contributed by atoms with van der Waals surface area (Å²) in [5.41, 5.74) is 0.258. The molecule has 0 N–H and O–H groups in total. The van der Waals surface area contributed by atoms with Gasteiger partial charge in [-0.25, -0.2) is 0 Å². The number of likely N-dealkylation sites (N-methyl/N-ethyl adjacent to an activating group) is 2. The molecule has 0 spiro atoms. The zero-order valence-electron chi connectivity index (χ0n) is 11.5. The van der Waals surface area contributed by atoms with E-state index in [-0.39, 0.29) is 5.54 Å². The highest BCUT2D eigenvalue weighted by Crippen LogP contribution is 2.09. The molecule has 90 valence electrons. The lowest BCUT2D eigenvalue weighted by molar-refractivity contribution is 0.195. The molecular weight excluding hydrogens is 184 g/mol. The van der Waals surface area contributed by atoms with Crippen molar-refractivity contribution in [1.82, 2.24) is 9.80 Å². The van der Waals surface area contributed by atoms with E-state index in [1.807, 2.05) is 0 Å². The molecule has 0 aliphatic rings. The molecule has 0 radical (unpaired) electrons. The molecule has 0 aromatic heterocycles. The first-order valence-electron chi connectivity index (χ1n) is 5.81. The molecule has 0 rings (SSSR count). The first-order valence-corrected chi connectivity index (χ1v) is 5.81. The molecule has 15 heavy (non-hydrogen) atoms. The Labute approximate surface area is 95.9 Å². The summed E-state index contributed by atoms with van der Waals surface area (Å²) in [4.78, 5) is 4.67. The van der Waals surface area contributed by atoms with Gasteiger partial charge in [0.1, 0.15) is 0 Å². The summed E-state index contributed by atoms with van der Waals surface area (Å²) in [5.74, 6) is 0. The maximum absolute atomic E-state index is 2.35. The Morgan fingerprint density at radius 2 is 1.47 bits per heavy atom. The van der Waals surface area contributed by atoms with Crippen molar-refractivity contribution in [3.63, 3.8) is 0 Å². The first kappa shape index (κ1) is 14.7. The Kier molecular flexibility index (Phi) is 6.15. The van der Waals surface area contributed by atoms with E-state index >= 15 is 0 Å². The summed E-state index contributed by atoms with van der Waals surface area (Å²) < 4.78 is 0. The maximum Gasteiger partial charge on any atom is 0.0165 e. The van der Waals surface area contributed by atoms with Crippen molar-refractivity contribution in [2.75, 3.05) is 27.2 Å². The summed E-state index contributed by atoms with van der Waals surface area (Å²) >= 11 is 0. The lowest BCUT2D eigenvalue weighted by Crippen LogP contribution is -2.38. The van der Waals surface area contributed by atoms with E-state index in [9.17, 15) is 0 Å². The van der Waals surface area contributed by atoms with Gasteiger partial charge in [-0.2, -0.15) is 0 Å². The van der Waals surface area contributed by atoms with Crippen LogP contribution in [0.5, 0.6) is 0 Å². The summed E-state index contributed by atoms with van der Waals surface area (Å²) in [6, 6.07) is 0.620. The van der Waals surface area contributed by atoms with Crippen molar-refractivity contribution in [1.29, 1.82) is 0 Å². The molecule has 0 fully saturated rings. The second-order valence-corrected chi connectivity index (χ2v) is 5.56. The van der Waals surface area contributed by atoms with Gasteiger partial charge in [-0.1, -0.05) is 12.2 Å². The summed E-state index contributed by atoms with van der Waals surface area (Å²) in [6.45, 7) is 13.2. The van der Waals surface area contributed by atoms with Crippen LogP contribution >= 0.6 is 0 Å². The molecule has 0 aromatic rings. The van der Waals surface area contributed by atoms with Crippen LogP contribution in [-0.4, -0.2) is 48.6 Å². The molecule has 0 unspecified atom stereocenters. The second-order valence-electron chi connectivity index (χ2n) is 5.56. The quantitative estimate of drug-likeness (QED) is 0.646. The fourth-order valence-corrected chi connectivity index (χ4v) is 0.958. The Morgan fingerprint density at radius 1 is 1.00 bits per heavy atom. The van der Waals surface area contributed by atoms with Gasteiger partial charge in [0.2, 0.25) is 0 Å². The average molecular weight is 212 g/mol. The predicted octanol–water partition coefficient (Wildman–Crippen LogP) is 2.61. The van der Waals surface area contributed by atoms with Crippen LogP contribution in [-0.2, 0) is 0 Å². The van der Waals surface area contributed by atoms with Crippen LogP contribution in [0.4, 0.5) is 0 Å². The summed E-state index contributed by atoms with van der Waals surface area (Å²) in [5, 5.41) is 0. The third-order valence-electron chi connectivity index (χ3n) is 2.97. The van der Waals surface area contributed by atoms with E-state index in [2.05, 4.69) is 70.7 Å². The largest absolute Gasteiger partial charge is 0.300 e. The zero-order chi connectivity index (χ0) is 12.1. The fourth-order valence-electron chi connectivity index (χ4n) is 0.958. The van der Waals surface area contributed by atoms with Gasteiger partial charge in [0.15, 0.2) is 0 Å². The minimum atomic E-state index is 0.258. The number of rotatable bonds is 5. The zero-order valence-corrected chi connectivity index (χ0v) is 11.5. The molecule has 0 aromatic carbocycles. The van der Waals surface area contributed by atoms with Crippen molar-refractivity contribution >= 4 is 0 Å². The average Bonchev–Trinajstić information content (AvgIpc) is 2.09. The Balaban J connectivity index is 3.82. The standard InChI is InChI=1S/C13H28N2/c1-12(2)14(6)10-8-9-11-15(7)13(3,4)5/h8-9,12H,10-11H2,1-7H3/b9-8+. The molecule has 0 heterocycles. The normalized spacial score (nSPS) is 13.7. The highest BCUT2D eigenvalue weighted by molar-refractivity contribution is 4.89. The Hall–Kier alpha value is -0.340. The third kappa shape index (κ3) is 6.69. The number of hydrogen-bond acceptors (Lipinski definition) is 2. The fraction of sp³-hybridized carbons (Fsp3) is 0.846. The molecular formula is C13H28N2. The van der Waals surface area contributed by atoms with Crippen molar-refractivity contribution in [2.45, 2.75) is 46.2 Å². The predicted molar refractivity (Wildman–Crippen MR) is 69.3 cm³/mol. The van der Waals surface area contributed by atoms with E-state index in [0.717, 1.165) is 13.1 Å². The molecule has 0 bridgehead atoms. The smallest absolute Gasteiger partial charge is 0.0165 e. The van der Waals surface area contributed by atoms with E-state index in [1.165, 1.54) is 0 Å². The Morgan fingerprint density at radius 3 is 1.87 bits per heavy atom. The molecule has 2 nitrogen and oxygen atoms in total. The van der Waals surface area contributed by atoms with Crippen LogP contribution in [0.3, 0.4) is 0 Å². The maximum atomic E-state index is 2.35. The first-order chi connectivity index (χ1) is 6.75. The molecule has 0 saturated carbocycles. The SMILES string of the molecule is CC(C)N(C)C/C=C/CN(C)C(C)(C)C. The van der Waals surface area contributed by atoms with E-state index in [4.69, 9.17) is 0 Å². The lowest BCUT2D eigenvalue weighted by Gasteiger charge is -2.30. The minimum absolute atomic E-state index is 0.258. The van der Waals surface area contributed by atoms with Gasteiger partial charge in [-0.3, -0.25) is 4.90 Å². The molecule has 0 atom stereocenters. The van der Waals surface area contributed by atoms with Crippen molar-refractivity contribution in [3.05, 3.63) is 12.2 Å². The molecule has 0 amide bonds. The van der Waals surface area contributed by atoms with Crippen LogP contribution in [0, 0.1) is 0 Å². The third-order valence-corrected chi connectivity index (χ3v) is 2.97. The molecule has 0 saturated heterocycles. The number of hydrogen-bond donors (Lipinski definition) is 0. The van der Waals surface area contributed by atoms with Crippen LogP contribution in [0.15, 0.2) is 12.2 Å². The van der Waals surface area contributed by atoms with Gasteiger partial charge in [0, 0.05) is 24.7 Å². The molecule has 0 aliphatic heterocycles. The molecule has 0 aliphatic carbocycles. The van der Waals surface area contributed by atoms with Gasteiger partial charge in [0.25, 0.3) is 0 Å². The van der Waals surface area contributed by atoms with Crippen LogP contribution in [0.2, 0.25) is 0 Å². The van der Waals surface area contributed by atoms with Gasteiger partial charge in [0.05, 0.1) is 0 Å². The monoisotopic (exact) mass is 212 g/mol. The van der Waals surface area contributed by atoms with E-state index in [0.29, 0.717) is 6.04 Å². The highest BCUT2D eigenvalue weighted by Gasteiger charge is 2.14. The van der Waals surface area contributed by atoms with Crippen molar-refractivity contribution in [3.8, 4) is 0 Å². The van der Waals surface area contributed by atoms with Crippen molar-refractivity contribution in [2.24, 2.45) is 0 Å². The Bertz CT molecular complexity index is 189. The van der Waals surface area contributed by atoms with Gasteiger partial charge >= 0.3 is 0 Å². The summed E-state index contributed by atoms with van der Waals surface area (Å²) in [6.07, 6.45) is 4.51.